The van der Waals surface area contributed by atoms with Crippen LogP contribution in [0.3, 0.4) is 0 Å². The van der Waals surface area contributed by atoms with E-state index in [1.807, 2.05) is 30.3 Å². The van der Waals surface area contributed by atoms with Crippen LogP contribution in [-0.4, -0.2) is 16.6 Å². The number of allylic oxidation sites excluding steroid dienone is 2. The van der Waals surface area contributed by atoms with Crippen LogP contribution in [0.15, 0.2) is 64.2 Å². The Labute approximate surface area is 183 Å². The number of carbonyl (C=O) groups excluding carboxylic acids is 2. The zero-order chi connectivity index (χ0) is 21.3. The monoisotopic (exact) mass is 419 g/mol. The predicted molar refractivity (Wildman–Crippen MR) is 122 cm³/mol. The first-order chi connectivity index (χ1) is 14.3. The molecule has 4 heteroatoms. The molecule has 0 bridgehead atoms. The second-order valence-corrected chi connectivity index (χ2v) is 10.6. The smallest absolute Gasteiger partial charge is 0.200 e. The molecule has 156 valence electrons. The van der Waals surface area contributed by atoms with Crippen molar-refractivity contribution in [3.05, 3.63) is 70.3 Å². The lowest BCUT2D eigenvalue weighted by molar-refractivity contribution is 0.0970. The van der Waals surface area contributed by atoms with Gasteiger partial charge in [-0.15, -0.1) is 0 Å². The van der Waals surface area contributed by atoms with Gasteiger partial charge in [-0.05, 0) is 61.5 Å². The van der Waals surface area contributed by atoms with Gasteiger partial charge < -0.3 is 0 Å². The molecule has 3 nitrogen and oxygen atoms in total. The SMILES string of the molecule is CC(C)(C)C1CCC(CC2=C(Sc3ccccn3)C(=O)c3ccccc3C2=O)CC1. The van der Waals surface area contributed by atoms with Crippen LogP contribution in [0.2, 0.25) is 0 Å². The van der Waals surface area contributed by atoms with Gasteiger partial charge in [0.2, 0.25) is 5.78 Å². The number of hydrogen-bond donors (Lipinski definition) is 0. The van der Waals surface area contributed by atoms with Gasteiger partial charge in [-0.1, -0.05) is 62.9 Å². The van der Waals surface area contributed by atoms with E-state index < -0.39 is 0 Å². The normalized spacial score (nSPS) is 22.2. The third-order valence-electron chi connectivity index (χ3n) is 6.58. The van der Waals surface area contributed by atoms with Gasteiger partial charge in [0.25, 0.3) is 0 Å². The summed E-state index contributed by atoms with van der Waals surface area (Å²) in [6.07, 6.45) is 7.04. The summed E-state index contributed by atoms with van der Waals surface area (Å²) >= 11 is 1.34. The van der Waals surface area contributed by atoms with Crippen LogP contribution in [-0.2, 0) is 0 Å². The molecule has 0 radical (unpaired) electrons. The van der Waals surface area contributed by atoms with Crippen molar-refractivity contribution >= 4 is 23.3 Å². The molecule has 2 aromatic rings. The topological polar surface area (TPSA) is 47.0 Å². The van der Waals surface area contributed by atoms with Crippen LogP contribution < -0.4 is 0 Å². The minimum absolute atomic E-state index is 0.0153. The number of nitrogens with zero attached hydrogens (tertiary/aromatic N) is 1. The number of carbonyl (C=O) groups is 2. The number of Topliss-reactive ketones (excluding diaryl/α,β-unsaturated/α-hetero) is 2. The van der Waals surface area contributed by atoms with E-state index in [9.17, 15) is 9.59 Å². The molecule has 0 unspecified atom stereocenters. The molecule has 2 aliphatic carbocycles. The number of thioether (sulfide) groups is 1. The zero-order valence-electron chi connectivity index (χ0n) is 18.0. The van der Waals surface area contributed by atoms with E-state index in [2.05, 4.69) is 25.8 Å². The van der Waals surface area contributed by atoms with Crippen LogP contribution in [0, 0.1) is 17.3 Å². The van der Waals surface area contributed by atoms with Gasteiger partial charge in [0.1, 0.15) is 5.03 Å². The van der Waals surface area contributed by atoms with E-state index >= 15 is 0 Å². The van der Waals surface area contributed by atoms with Crippen molar-refractivity contribution in [3.8, 4) is 0 Å². The number of benzene rings is 1. The molecule has 0 spiro atoms. The minimum atomic E-state index is -0.0424. The summed E-state index contributed by atoms with van der Waals surface area (Å²) in [7, 11) is 0. The number of pyridine rings is 1. The molecule has 1 saturated carbocycles. The second-order valence-electron chi connectivity index (χ2n) is 9.57. The van der Waals surface area contributed by atoms with Gasteiger partial charge in [0, 0.05) is 22.9 Å². The van der Waals surface area contributed by atoms with Crippen molar-refractivity contribution in [3.63, 3.8) is 0 Å². The Hall–Kier alpha value is -2.20. The van der Waals surface area contributed by atoms with Crippen LogP contribution >= 0.6 is 11.8 Å². The quantitative estimate of drug-likeness (QED) is 0.550. The molecule has 2 aliphatic rings. The molecular formula is C26H29NO2S. The summed E-state index contributed by atoms with van der Waals surface area (Å²) in [5, 5.41) is 0.752. The van der Waals surface area contributed by atoms with E-state index in [0.717, 1.165) is 23.8 Å². The van der Waals surface area contributed by atoms with Crippen molar-refractivity contribution < 1.29 is 9.59 Å². The fourth-order valence-electron chi connectivity index (χ4n) is 4.73. The largest absolute Gasteiger partial charge is 0.289 e. The van der Waals surface area contributed by atoms with Gasteiger partial charge in [0.15, 0.2) is 5.78 Å². The van der Waals surface area contributed by atoms with Crippen molar-refractivity contribution in [1.29, 1.82) is 0 Å². The van der Waals surface area contributed by atoms with Crippen molar-refractivity contribution in [2.75, 3.05) is 0 Å². The summed E-state index contributed by atoms with van der Waals surface area (Å²) in [5.74, 6) is 1.16. The van der Waals surface area contributed by atoms with Gasteiger partial charge in [-0.3, -0.25) is 9.59 Å². The Bertz CT molecular complexity index is 980. The summed E-state index contributed by atoms with van der Waals surface area (Å²) < 4.78 is 0. The number of fused-ring (bicyclic) bond motifs is 1. The van der Waals surface area contributed by atoms with E-state index in [4.69, 9.17) is 0 Å². The second kappa shape index (κ2) is 8.50. The highest BCUT2D eigenvalue weighted by Crippen LogP contribution is 2.44. The predicted octanol–water partition coefficient (Wildman–Crippen LogP) is 6.75. The van der Waals surface area contributed by atoms with Crippen LogP contribution in [0.5, 0.6) is 0 Å². The van der Waals surface area contributed by atoms with Crippen molar-refractivity contribution in [2.45, 2.75) is 57.9 Å². The molecule has 4 rings (SSSR count). The Morgan fingerprint density at radius 3 is 2.13 bits per heavy atom. The fraction of sp³-hybridized carbons (Fsp3) is 0.423. The maximum absolute atomic E-state index is 13.4. The molecule has 1 aromatic heterocycles. The Balaban J connectivity index is 1.63. The average molecular weight is 420 g/mol. The number of aromatic nitrogens is 1. The van der Waals surface area contributed by atoms with Gasteiger partial charge in [-0.25, -0.2) is 4.98 Å². The minimum Gasteiger partial charge on any atom is -0.289 e. The average Bonchev–Trinajstić information content (AvgIpc) is 2.75. The lowest BCUT2D eigenvalue weighted by atomic mass is 9.68. The fourth-order valence-corrected chi connectivity index (χ4v) is 5.70. The number of hydrogen-bond acceptors (Lipinski definition) is 4. The highest BCUT2D eigenvalue weighted by Gasteiger charge is 2.36. The molecule has 1 aromatic carbocycles. The van der Waals surface area contributed by atoms with Crippen LogP contribution in [0.1, 0.15) is 73.6 Å². The highest BCUT2D eigenvalue weighted by atomic mass is 32.2. The number of ketones is 2. The molecule has 1 heterocycles. The molecule has 0 atom stereocenters. The summed E-state index contributed by atoms with van der Waals surface area (Å²) in [4.78, 5) is 31.7. The van der Waals surface area contributed by atoms with E-state index in [-0.39, 0.29) is 11.6 Å². The first kappa shape index (κ1) is 21.0. The summed E-state index contributed by atoms with van der Waals surface area (Å²) in [5.41, 5.74) is 2.08. The van der Waals surface area contributed by atoms with Crippen molar-refractivity contribution in [1.82, 2.24) is 4.98 Å². The lowest BCUT2D eigenvalue weighted by Crippen LogP contribution is -2.27. The Morgan fingerprint density at radius 2 is 1.53 bits per heavy atom. The van der Waals surface area contributed by atoms with E-state index in [1.165, 1.54) is 24.6 Å². The Morgan fingerprint density at radius 1 is 0.900 bits per heavy atom. The molecule has 0 N–H and O–H groups in total. The maximum atomic E-state index is 13.4. The third kappa shape index (κ3) is 4.29. The molecule has 1 fully saturated rings. The number of rotatable bonds is 4. The Kier molecular flexibility index (Phi) is 5.97. The lowest BCUT2D eigenvalue weighted by Gasteiger charge is -2.37. The molecular weight excluding hydrogens is 390 g/mol. The van der Waals surface area contributed by atoms with Crippen LogP contribution in [0.4, 0.5) is 0 Å². The van der Waals surface area contributed by atoms with E-state index in [0.29, 0.717) is 39.4 Å². The molecule has 0 saturated heterocycles. The van der Waals surface area contributed by atoms with Gasteiger partial charge in [-0.2, -0.15) is 0 Å². The zero-order valence-corrected chi connectivity index (χ0v) is 18.8. The first-order valence-electron chi connectivity index (χ1n) is 10.8. The molecule has 30 heavy (non-hydrogen) atoms. The van der Waals surface area contributed by atoms with Crippen LogP contribution in [0.25, 0.3) is 0 Å². The first-order valence-corrected chi connectivity index (χ1v) is 11.7. The molecule has 0 aliphatic heterocycles. The standard InChI is InChI=1S/C26H29NO2S/c1-26(2,3)18-13-11-17(12-14-18)16-21-23(28)19-8-4-5-9-20(19)24(29)25(21)30-22-10-6-7-15-27-22/h4-10,15,17-18H,11-14,16H2,1-3H3. The summed E-state index contributed by atoms with van der Waals surface area (Å²) in [6, 6.07) is 12.9. The third-order valence-corrected chi connectivity index (χ3v) is 7.67. The highest BCUT2D eigenvalue weighted by molar-refractivity contribution is 8.04. The van der Waals surface area contributed by atoms with Crippen molar-refractivity contribution in [2.24, 2.45) is 17.3 Å². The maximum Gasteiger partial charge on any atom is 0.200 e. The molecule has 0 amide bonds. The van der Waals surface area contributed by atoms with Gasteiger partial charge >= 0.3 is 0 Å². The van der Waals surface area contributed by atoms with E-state index in [1.54, 1.807) is 18.3 Å². The summed E-state index contributed by atoms with van der Waals surface area (Å²) in [6.45, 7) is 6.97. The van der Waals surface area contributed by atoms with Gasteiger partial charge in [0.05, 0.1) is 4.91 Å².